The Morgan fingerprint density at radius 3 is 2.46 bits per heavy atom. The predicted octanol–water partition coefficient (Wildman–Crippen LogP) is 4.38. The van der Waals surface area contributed by atoms with Crippen LogP contribution < -0.4 is 10.1 Å². The molecule has 3 nitrogen and oxygen atoms in total. The number of rotatable bonds is 6. The minimum Gasteiger partial charge on any atom is -0.484 e. The summed E-state index contributed by atoms with van der Waals surface area (Å²) in [5.41, 5.74) is 2.44. The lowest BCUT2D eigenvalue weighted by atomic mass is 9.87. The van der Waals surface area contributed by atoms with Gasteiger partial charge in [-0.05, 0) is 47.2 Å². The average molecular weight is 346 g/mol. The molecule has 128 valence electrons. The number of carbonyl (C=O) groups excluding carboxylic acids is 1. The van der Waals surface area contributed by atoms with E-state index in [0.29, 0.717) is 17.3 Å². The Morgan fingerprint density at radius 2 is 1.83 bits per heavy atom. The zero-order valence-electron chi connectivity index (χ0n) is 14.4. The third kappa shape index (κ3) is 5.89. The van der Waals surface area contributed by atoms with Gasteiger partial charge in [-0.1, -0.05) is 56.6 Å². The van der Waals surface area contributed by atoms with Crippen molar-refractivity contribution in [2.75, 3.05) is 13.2 Å². The van der Waals surface area contributed by atoms with Gasteiger partial charge in [0.2, 0.25) is 0 Å². The fourth-order valence-electron chi connectivity index (χ4n) is 2.29. The fourth-order valence-corrected chi connectivity index (χ4v) is 2.50. The lowest BCUT2D eigenvalue weighted by molar-refractivity contribution is -0.123. The number of carbonyl (C=O) groups is 1. The highest BCUT2D eigenvalue weighted by atomic mass is 35.5. The van der Waals surface area contributed by atoms with Crippen LogP contribution in [0.4, 0.5) is 0 Å². The third-order valence-electron chi connectivity index (χ3n) is 3.72. The van der Waals surface area contributed by atoms with Crippen LogP contribution in [0.15, 0.2) is 48.5 Å². The Bertz CT molecular complexity index is 675. The fraction of sp³-hybridized carbons (Fsp3) is 0.350. The second kappa shape index (κ2) is 8.20. The summed E-state index contributed by atoms with van der Waals surface area (Å²) in [4.78, 5) is 11.8. The first-order valence-electron chi connectivity index (χ1n) is 8.09. The third-order valence-corrected chi connectivity index (χ3v) is 3.95. The van der Waals surface area contributed by atoms with E-state index in [1.807, 2.05) is 48.5 Å². The molecule has 0 spiro atoms. The average Bonchev–Trinajstić information content (AvgIpc) is 2.52. The number of hydrogen-bond acceptors (Lipinski definition) is 2. The van der Waals surface area contributed by atoms with Crippen LogP contribution >= 0.6 is 11.6 Å². The van der Waals surface area contributed by atoms with Crippen LogP contribution in [-0.2, 0) is 16.6 Å². The van der Waals surface area contributed by atoms with Gasteiger partial charge in [0.25, 0.3) is 5.91 Å². The molecule has 0 unspecified atom stereocenters. The number of amides is 1. The molecule has 0 aromatic heterocycles. The van der Waals surface area contributed by atoms with Gasteiger partial charge in [0, 0.05) is 11.6 Å². The van der Waals surface area contributed by atoms with Gasteiger partial charge in [0.05, 0.1) is 0 Å². The Morgan fingerprint density at radius 1 is 1.12 bits per heavy atom. The summed E-state index contributed by atoms with van der Waals surface area (Å²) in [6, 6.07) is 15.5. The van der Waals surface area contributed by atoms with Gasteiger partial charge in [-0.15, -0.1) is 0 Å². The Kier molecular flexibility index (Phi) is 6.27. The molecule has 0 saturated carbocycles. The molecule has 2 aromatic rings. The largest absolute Gasteiger partial charge is 0.484 e. The van der Waals surface area contributed by atoms with Crippen LogP contribution in [0.2, 0.25) is 5.02 Å². The minimum absolute atomic E-state index is 0.0183. The lowest BCUT2D eigenvalue weighted by Gasteiger charge is -2.19. The Labute approximate surface area is 149 Å². The summed E-state index contributed by atoms with van der Waals surface area (Å²) in [5.74, 6) is 0.574. The molecular weight excluding hydrogens is 322 g/mol. The van der Waals surface area contributed by atoms with Crippen molar-refractivity contribution in [1.82, 2.24) is 5.32 Å². The molecule has 2 aromatic carbocycles. The first-order valence-corrected chi connectivity index (χ1v) is 8.47. The van der Waals surface area contributed by atoms with Crippen LogP contribution in [0, 0.1) is 0 Å². The molecular formula is C20H24ClNO2. The quantitative estimate of drug-likeness (QED) is 0.844. The monoisotopic (exact) mass is 345 g/mol. The van der Waals surface area contributed by atoms with Crippen molar-refractivity contribution >= 4 is 17.5 Å². The van der Waals surface area contributed by atoms with Crippen LogP contribution in [-0.4, -0.2) is 19.1 Å². The molecule has 24 heavy (non-hydrogen) atoms. The van der Waals surface area contributed by atoms with Gasteiger partial charge in [-0.3, -0.25) is 4.79 Å². The van der Waals surface area contributed by atoms with Gasteiger partial charge in [0.1, 0.15) is 5.75 Å². The van der Waals surface area contributed by atoms with Gasteiger partial charge >= 0.3 is 0 Å². The Balaban J connectivity index is 1.73. The topological polar surface area (TPSA) is 38.3 Å². The van der Waals surface area contributed by atoms with Crippen molar-refractivity contribution in [2.24, 2.45) is 0 Å². The van der Waals surface area contributed by atoms with E-state index in [0.717, 1.165) is 12.0 Å². The minimum atomic E-state index is -0.128. The molecule has 0 bridgehead atoms. The predicted molar refractivity (Wildman–Crippen MR) is 98.8 cm³/mol. The molecule has 1 amide bonds. The van der Waals surface area contributed by atoms with Crippen LogP contribution in [0.5, 0.6) is 5.75 Å². The summed E-state index contributed by atoms with van der Waals surface area (Å²) < 4.78 is 5.52. The van der Waals surface area contributed by atoms with E-state index in [2.05, 4.69) is 26.1 Å². The van der Waals surface area contributed by atoms with E-state index in [-0.39, 0.29) is 17.9 Å². The van der Waals surface area contributed by atoms with Gasteiger partial charge in [0.15, 0.2) is 6.61 Å². The SMILES string of the molecule is CC(C)(C)c1ccc(OCC(=O)NCCc2cccc(Cl)c2)cc1. The zero-order chi connectivity index (χ0) is 17.6. The normalized spacial score (nSPS) is 11.2. The van der Waals surface area contributed by atoms with E-state index < -0.39 is 0 Å². The van der Waals surface area contributed by atoms with Crippen LogP contribution in [0.1, 0.15) is 31.9 Å². The van der Waals surface area contributed by atoms with Crippen molar-refractivity contribution in [3.63, 3.8) is 0 Å². The standard InChI is InChI=1S/C20H24ClNO2/c1-20(2,3)16-7-9-18(10-8-16)24-14-19(23)22-12-11-15-5-4-6-17(21)13-15/h4-10,13H,11-12,14H2,1-3H3,(H,22,23). The van der Waals surface area contributed by atoms with E-state index >= 15 is 0 Å². The number of benzene rings is 2. The lowest BCUT2D eigenvalue weighted by Crippen LogP contribution is -2.30. The molecule has 0 heterocycles. The van der Waals surface area contributed by atoms with E-state index in [1.165, 1.54) is 5.56 Å². The summed E-state index contributed by atoms with van der Waals surface area (Å²) in [6.45, 7) is 7.07. The van der Waals surface area contributed by atoms with Crippen LogP contribution in [0.3, 0.4) is 0 Å². The smallest absolute Gasteiger partial charge is 0.257 e. The molecule has 1 N–H and O–H groups in total. The van der Waals surface area contributed by atoms with Gasteiger partial charge in [-0.25, -0.2) is 0 Å². The Hall–Kier alpha value is -2.00. The highest BCUT2D eigenvalue weighted by Crippen LogP contribution is 2.24. The molecule has 0 fully saturated rings. The van der Waals surface area contributed by atoms with Gasteiger partial charge < -0.3 is 10.1 Å². The second-order valence-corrected chi connectivity index (χ2v) is 7.23. The maximum absolute atomic E-state index is 11.8. The molecule has 0 saturated heterocycles. The number of halogens is 1. The summed E-state index contributed by atoms with van der Waals surface area (Å²) >= 11 is 5.94. The molecule has 4 heteroatoms. The highest BCUT2D eigenvalue weighted by molar-refractivity contribution is 6.30. The number of ether oxygens (including phenoxy) is 1. The van der Waals surface area contributed by atoms with Crippen LogP contribution in [0.25, 0.3) is 0 Å². The van der Waals surface area contributed by atoms with Gasteiger partial charge in [-0.2, -0.15) is 0 Å². The van der Waals surface area contributed by atoms with Crippen molar-refractivity contribution in [3.05, 3.63) is 64.7 Å². The number of nitrogens with one attached hydrogen (secondary N) is 1. The summed E-state index contributed by atoms with van der Waals surface area (Å²) in [6.07, 6.45) is 0.743. The molecule has 2 rings (SSSR count). The number of hydrogen-bond donors (Lipinski definition) is 1. The van der Waals surface area contributed by atoms with E-state index in [4.69, 9.17) is 16.3 Å². The van der Waals surface area contributed by atoms with Crippen molar-refractivity contribution in [3.8, 4) is 5.75 Å². The second-order valence-electron chi connectivity index (χ2n) is 6.79. The zero-order valence-corrected chi connectivity index (χ0v) is 15.2. The molecule has 0 aliphatic carbocycles. The molecule has 0 aliphatic rings. The maximum Gasteiger partial charge on any atom is 0.257 e. The molecule has 0 aliphatic heterocycles. The first-order chi connectivity index (χ1) is 11.3. The van der Waals surface area contributed by atoms with Crippen molar-refractivity contribution < 1.29 is 9.53 Å². The van der Waals surface area contributed by atoms with Crippen molar-refractivity contribution in [1.29, 1.82) is 0 Å². The summed E-state index contributed by atoms with van der Waals surface area (Å²) in [7, 11) is 0. The maximum atomic E-state index is 11.8. The van der Waals surface area contributed by atoms with E-state index in [1.54, 1.807) is 0 Å². The van der Waals surface area contributed by atoms with E-state index in [9.17, 15) is 4.79 Å². The molecule has 0 atom stereocenters. The van der Waals surface area contributed by atoms with Crippen molar-refractivity contribution in [2.45, 2.75) is 32.6 Å². The summed E-state index contributed by atoms with van der Waals surface area (Å²) in [5, 5.41) is 3.56. The first kappa shape index (κ1) is 18.3. The molecule has 0 radical (unpaired) electrons. The highest BCUT2D eigenvalue weighted by Gasteiger charge is 2.13.